The van der Waals surface area contributed by atoms with Gasteiger partial charge in [-0.25, -0.2) is 9.78 Å². The highest BCUT2D eigenvalue weighted by molar-refractivity contribution is 7.13. The van der Waals surface area contributed by atoms with Crippen LogP contribution in [0.25, 0.3) is 0 Å². The Labute approximate surface area is 110 Å². The van der Waals surface area contributed by atoms with Crippen LogP contribution in [0.15, 0.2) is 5.38 Å². The zero-order valence-electron chi connectivity index (χ0n) is 10.4. The van der Waals surface area contributed by atoms with Crippen molar-refractivity contribution in [1.82, 2.24) is 15.2 Å². The Bertz CT molecular complexity index is 410. The first-order chi connectivity index (χ1) is 8.69. The second-order valence-corrected chi connectivity index (χ2v) is 5.08. The molecule has 18 heavy (non-hydrogen) atoms. The van der Waals surface area contributed by atoms with Gasteiger partial charge in [0.2, 0.25) is 0 Å². The Morgan fingerprint density at radius 3 is 3.28 bits per heavy atom. The smallest absolute Gasteiger partial charge is 0.409 e. The number of carbonyl (C=O) groups is 1. The number of hydrogen-bond donors (Lipinski definition) is 2. The molecule has 1 aliphatic heterocycles. The average molecular weight is 270 g/mol. The largest absolute Gasteiger partial charge is 0.450 e. The molecule has 0 spiro atoms. The van der Waals surface area contributed by atoms with E-state index in [9.17, 15) is 4.79 Å². The molecule has 100 valence electrons. The third kappa shape index (κ3) is 3.33. The topological polar surface area (TPSA) is 80.5 Å². The minimum absolute atomic E-state index is 0.222. The lowest BCUT2D eigenvalue weighted by molar-refractivity contribution is 0.115. The molecule has 7 heteroatoms. The molecule has 6 nitrogen and oxygen atoms in total. The lowest BCUT2D eigenvalue weighted by Crippen LogP contribution is -2.35. The lowest BCUT2D eigenvalue weighted by atomic mass is 10.2. The summed E-state index contributed by atoms with van der Waals surface area (Å²) in [7, 11) is 0. The highest BCUT2D eigenvalue weighted by atomic mass is 32.1. The summed E-state index contributed by atoms with van der Waals surface area (Å²) in [6, 6.07) is 0.303. The Balaban J connectivity index is 1.74. The van der Waals surface area contributed by atoms with Gasteiger partial charge in [-0.05, 0) is 13.3 Å². The molecule has 3 N–H and O–H groups in total. The Morgan fingerprint density at radius 2 is 2.61 bits per heavy atom. The number of nitrogen functional groups attached to an aromatic ring is 1. The molecule has 1 unspecified atom stereocenters. The molecule has 0 aliphatic carbocycles. The van der Waals surface area contributed by atoms with Gasteiger partial charge in [-0.15, -0.1) is 11.3 Å². The van der Waals surface area contributed by atoms with Crippen LogP contribution in [-0.2, 0) is 11.3 Å². The zero-order chi connectivity index (χ0) is 13.0. The summed E-state index contributed by atoms with van der Waals surface area (Å²) < 4.78 is 4.97. The molecule has 0 aromatic carbocycles. The van der Waals surface area contributed by atoms with Crippen molar-refractivity contribution in [2.24, 2.45) is 0 Å². The van der Waals surface area contributed by atoms with Crippen LogP contribution in [-0.4, -0.2) is 41.7 Å². The van der Waals surface area contributed by atoms with Crippen LogP contribution in [0.4, 0.5) is 9.93 Å². The number of rotatable bonds is 4. The van der Waals surface area contributed by atoms with E-state index in [1.807, 2.05) is 12.3 Å². The highest BCUT2D eigenvalue weighted by Gasteiger charge is 2.26. The lowest BCUT2D eigenvalue weighted by Gasteiger charge is -2.16. The van der Waals surface area contributed by atoms with Gasteiger partial charge in [-0.2, -0.15) is 0 Å². The number of anilines is 1. The van der Waals surface area contributed by atoms with Crippen LogP contribution in [0.5, 0.6) is 0 Å². The van der Waals surface area contributed by atoms with Gasteiger partial charge in [-0.1, -0.05) is 0 Å². The van der Waals surface area contributed by atoms with E-state index in [2.05, 4.69) is 10.3 Å². The summed E-state index contributed by atoms with van der Waals surface area (Å²) in [5.41, 5.74) is 6.52. The summed E-state index contributed by atoms with van der Waals surface area (Å²) in [6.07, 6.45) is 0.720. The van der Waals surface area contributed by atoms with Gasteiger partial charge in [0.05, 0.1) is 12.3 Å². The fraction of sp³-hybridized carbons (Fsp3) is 0.636. The van der Waals surface area contributed by atoms with Gasteiger partial charge in [0, 0.05) is 31.1 Å². The molecule has 2 heterocycles. The van der Waals surface area contributed by atoms with Crippen LogP contribution in [0, 0.1) is 0 Å². The number of ether oxygens (including phenoxy) is 1. The standard InChI is InChI=1S/C11H18N4O2S/c1-2-17-11(16)15-4-3-8(6-15)13-5-9-7-18-10(12)14-9/h7-8,13H,2-6H2,1H3,(H2,12,14). The van der Waals surface area contributed by atoms with Crippen molar-refractivity contribution in [3.63, 3.8) is 0 Å². The quantitative estimate of drug-likeness (QED) is 0.854. The average Bonchev–Trinajstić information content (AvgIpc) is 2.95. The minimum Gasteiger partial charge on any atom is -0.450 e. The molecular weight excluding hydrogens is 252 g/mol. The summed E-state index contributed by atoms with van der Waals surface area (Å²) >= 11 is 1.44. The number of nitrogens with two attached hydrogens (primary N) is 1. The maximum absolute atomic E-state index is 11.5. The van der Waals surface area contributed by atoms with Crippen LogP contribution in [0.3, 0.4) is 0 Å². The van der Waals surface area contributed by atoms with E-state index in [1.165, 1.54) is 11.3 Å². The van der Waals surface area contributed by atoms with Gasteiger partial charge in [-0.3, -0.25) is 0 Å². The fourth-order valence-corrected chi connectivity index (χ4v) is 2.52. The molecule has 0 saturated carbocycles. The molecular formula is C11H18N4O2S. The Hall–Kier alpha value is -1.34. The molecule has 1 saturated heterocycles. The number of nitrogens with zero attached hydrogens (tertiary/aromatic N) is 2. The third-order valence-electron chi connectivity index (χ3n) is 2.86. The third-order valence-corrected chi connectivity index (χ3v) is 3.58. The summed E-state index contributed by atoms with van der Waals surface area (Å²) in [5.74, 6) is 0. The van der Waals surface area contributed by atoms with Gasteiger partial charge in [0.1, 0.15) is 0 Å². The van der Waals surface area contributed by atoms with Crippen molar-refractivity contribution >= 4 is 22.6 Å². The molecule has 0 bridgehead atoms. The van der Waals surface area contributed by atoms with E-state index in [0.717, 1.165) is 18.7 Å². The van der Waals surface area contributed by atoms with Gasteiger partial charge < -0.3 is 20.7 Å². The first-order valence-corrected chi connectivity index (χ1v) is 6.92. The molecule has 1 aromatic rings. The van der Waals surface area contributed by atoms with E-state index in [4.69, 9.17) is 10.5 Å². The van der Waals surface area contributed by atoms with Crippen LogP contribution < -0.4 is 11.1 Å². The van der Waals surface area contributed by atoms with E-state index < -0.39 is 0 Å². The summed E-state index contributed by atoms with van der Waals surface area (Å²) in [5, 5.41) is 5.91. The van der Waals surface area contributed by atoms with Crippen molar-refractivity contribution in [3.8, 4) is 0 Å². The van der Waals surface area contributed by atoms with Crippen LogP contribution >= 0.6 is 11.3 Å². The maximum Gasteiger partial charge on any atom is 0.409 e. The second kappa shape index (κ2) is 6.01. The number of hydrogen-bond acceptors (Lipinski definition) is 6. The fourth-order valence-electron chi connectivity index (χ4n) is 1.96. The SMILES string of the molecule is CCOC(=O)N1CCC(NCc2csc(N)n2)C1. The Kier molecular flexibility index (Phi) is 4.38. The molecule has 1 aliphatic rings. The van der Waals surface area contributed by atoms with E-state index >= 15 is 0 Å². The zero-order valence-corrected chi connectivity index (χ0v) is 11.2. The second-order valence-electron chi connectivity index (χ2n) is 4.19. The van der Waals surface area contributed by atoms with E-state index in [0.29, 0.717) is 30.9 Å². The molecule has 1 aromatic heterocycles. The van der Waals surface area contributed by atoms with Crippen LogP contribution in [0.1, 0.15) is 19.0 Å². The molecule has 1 amide bonds. The Morgan fingerprint density at radius 1 is 1.78 bits per heavy atom. The monoisotopic (exact) mass is 270 g/mol. The predicted molar refractivity (Wildman–Crippen MR) is 70.4 cm³/mol. The number of aromatic nitrogens is 1. The number of likely N-dealkylation sites (tertiary alicyclic amines) is 1. The van der Waals surface area contributed by atoms with Gasteiger partial charge >= 0.3 is 6.09 Å². The van der Waals surface area contributed by atoms with E-state index in [-0.39, 0.29) is 6.09 Å². The summed E-state index contributed by atoms with van der Waals surface area (Å²) in [6.45, 7) is 4.37. The van der Waals surface area contributed by atoms with Gasteiger partial charge in [0.25, 0.3) is 0 Å². The van der Waals surface area contributed by atoms with Crippen molar-refractivity contribution in [2.45, 2.75) is 25.9 Å². The highest BCUT2D eigenvalue weighted by Crippen LogP contribution is 2.13. The van der Waals surface area contributed by atoms with Crippen LogP contribution in [0.2, 0.25) is 0 Å². The number of amides is 1. The number of carbonyl (C=O) groups excluding carboxylic acids is 1. The van der Waals surface area contributed by atoms with Crippen molar-refractivity contribution < 1.29 is 9.53 Å². The first-order valence-electron chi connectivity index (χ1n) is 6.04. The van der Waals surface area contributed by atoms with Gasteiger partial charge in [0.15, 0.2) is 5.13 Å². The molecule has 0 radical (unpaired) electrons. The summed E-state index contributed by atoms with van der Waals surface area (Å²) in [4.78, 5) is 17.4. The molecule has 1 fully saturated rings. The first kappa shape index (κ1) is 13.1. The number of nitrogens with one attached hydrogen (secondary N) is 1. The molecule has 2 rings (SSSR count). The predicted octanol–water partition coefficient (Wildman–Crippen LogP) is 1.05. The van der Waals surface area contributed by atoms with Crippen molar-refractivity contribution in [2.75, 3.05) is 25.4 Å². The number of thiazole rings is 1. The normalized spacial score (nSPS) is 19.2. The van der Waals surface area contributed by atoms with Crippen molar-refractivity contribution in [3.05, 3.63) is 11.1 Å². The molecule has 1 atom stereocenters. The minimum atomic E-state index is -0.222. The maximum atomic E-state index is 11.5. The van der Waals surface area contributed by atoms with E-state index in [1.54, 1.807) is 4.90 Å². The van der Waals surface area contributed by atoms with Crippen molar-refractivity contribution in [1.29, 1.82) is 0 Å².